The molecule has 0 aliphatic heterocycles. The van der Waals surface area contributed by atoms with E-state index in [1.54, 1.807) is 15.6 Å². The summed E-state index contributed by atoms with van der Waals surface area (Å²) in [6, 6.07) is 14.0. The number of rotatable bonds is 2. The molecule has 0 atom stereocenters. The Morgan fingerprint density at radius 3 is 2.58 bits per heavy atom. The van der Waals surface area contributed by atoms with Crippen molar-refractivity contribution in [2.75, 3.05) is 0 Å². The minimum Gasteiger partial charge on any atom is -0.216 e. The molecule has 0 N–H and O–H groups in total. The first-order valence-corrected chi connectivity index (χ1v) is 6.11. The van der Waals surface area contributed by atoms with Crippen LogP contribution in [0.3, 0.4) is 0 Å². The number of nitrogens with zero attached hydrogens (tertiary/aromatic N) is 4. The molecule has 0 aliphatic carbocycles. The SMILES string of the molecule is Cc1ccc(-c2[c-][n+](-c3ccccn3)nn2C)cc1. The van der Waals surface area contributed by atoms with Crippen molar-refractivity contribution in [2.24, 2.45) is 7.05 Å². The quantitative estimate of drug-likeness (QED) is 0.514. The highest BCUT2D eigenvalue weighted by molar-refractivity contribution is 5.57. The van der Waals surface area contributed by atoms with Gasteiger partial charge in [0.05, 0.1) is 18.9 Å². The highest BCUT2D eigenvalue weighted by Crippen LogP contribution is 2.16. The molecule has 3 rings (SSSR count). The molecular weight excluding hydrogens is 236 g/mol. The van der Waals surface area contributed by atoms with Crippen molar-refractivity contribution in [2.45, 2.75) is 6.92 Å². The number of hydrogen-bond donors (Lipinski definition) is 0. The Hall–Kier alpha value is -2.49. The molecule has 2 heterocycles. The zero-order valence-corrected chi connectivity index (χ0v) is 10.9. The summed E-state index contributed by atoms with van der Waals surface area (Å²) in [5, 5.41) is 4.39. The Morgan fingerprint density at radius 1 is 1.11 bits per heavy atom. The van der Waals surface area contributed by atoms with E-state index >= 15 is 0 Å². The molecule has 94 valence electrons. The Balaban J connectivity index is 2.05. The van der Waals surface area contributed by atoms with E-state index in [9.17, 15) is 0 Å². The van der Waals surface area contributed by atoms with E-state index in [4.69, 9.17) is 0 Å². The average Bonchev–Trinajstić information content (AvgIpc) is 2.83. The Morgan fingerprint density at radius 2 is 1.89 bits per heavy atom. The van der Waals surface area contributed by atoms with E-state index in [2.05, 4.69) is 47.6 Å². The van der Waals surface area contributed by atoms with E-state index in [1.807, 2.05) is 25.2 Å². The predicted octanol–water partition coefficient (Wildman–Crippen LogP) is 1.87. The Labute approximate surface area is 112 Å². The maximum atomic E-state index is 4.39. The van der Waals surface area contributed by atoms with Crippen molar-refractivity contribution < 1.29 is 4.68 Å². The molecule has 4 heteroatoms. The van der Waals surface area contributed by atoms with Gasteiger partial charge in [-0.2, -0.15) is 9.67 Å². The maximum Gasteiger partial charge on any atom is 0.188 e. The first kappa shape index (κ1) is 11.6. The molecule has 0 amide bonds. The predicted molar refractivity (Wildman–Crippen MR) is 71.5 cm³/mol. The molecule has 0 spiro atoms. The van der Waals surface area contributed by atoms with Crippen molar-refractivity contribution in [1.29, 1.82) is 0 Å². The number of aryl methyl sites for hydroxylation is 2. The number of aromatic nitrogens is 4. The van der Waals surface area contributed by atoms with Gasteiger partial charge in [0.2, 0.25) is 0 Å². The number of hydrogen-bond acceptors (Lipinski definition) is 2. The lowest BCUT2D eigenvalue weighted by molar-refractivity contribution is -0.668. The topological polar surface area (TPSA) is 34.6 Å². The van der Waals surface area contributed by atoms with Crippen molar-refractivity contribution in [1.82, 2.24) is 14.9 Å². The summed E-state index contributed by atoms with van der Waals surface area (Å²) < 4.78 is 3.47. The summed E-state index contributed by atoms with van der Waals surface area (Å²) in [4.78, 5) is 4.27. The van der Waals surface area contributed by atoms with Crippen molar-refractivity contribution >= 4 is 0 Å². The van der Waals surface area contributed by atoms with Crippen molar-refractivity contribution in [3.8, 4) is 17.1 Å². The van der Waals surface area contributed by atoms with Crippen LogP contribution in [-0.2, 0) is 7.05 Å². The van der Waals surface area contributed by atoms with Gasteiger partial charge in [0.15, 0.2) is 5.82 Å². The summed E-state index contributed by atoms with van der Waals surface area (Å²) >= 11 is 0. The smallest absolute Gasteiger partial charge is 0.188 e. The van der Waals surface area contributed by atoms with E-state index in [-0.39, 0.29) is 0 Å². The lowest BCUT2D eigenvalue weighted by Gasteiger charge is -2.03. The maximum absolute atomic E-state index is 4.39. The van der Waals surface area contributed by atoms with Gasteiger partial charge in [0.25, 0.3) is 0 Å². The van der Waals surface area contributed by atoms with Gasteiger partial charge >= 0.3 is 0 Å². The molecule has 0 radical (unpaired) electrons. The van der Waals surface area contributed by atoms with Gasteiger partial charge in [0.1, 0.15) is 0 Å². The molecule has 4 nitrogen and oxygen atoms in total. The van der Waals surface area contributed by atoms with Crippen molar-refractivity contribution in [3.63, 3.8) is 0 Å². The molecule has 2 aromatic heterocycles. The van der Waals surface area contributed by atoms with E-state index < -0.39 is 0 Å². The van der Waals surface area contributed by atoms with Gasteiger partial charge in [-0.3, -0.25) is 0 Å². The third-order valence-electron chi connectivity index (χ3n) is 2.95. The van der Waals surface area contributed by atoms with Crippen LogP contribution < -0.4 is 4.68 Å². The minimum atomic E-state index is 0.761. The molecule has 1 aromatic carbocycles. The summed E-state index contributed by atoms with van der Waals surface area (Å²) in [5.74, 6) is 0.761. The molecule has 0 saturated heterocycles. The van der Waals surface area contributed by atoms with E-state index in [1.165, 1.54) is 5.56 Å². The fourth-order valence-corrected chi connectivity index (χ4v) is 1.92. The monoisotopic (exact) mass is 250 g/mol. The summed E-state index contributed by atoms with van der Waals surface area (Å²) in [5.41, 5.74) is 3.27. The van der Waals surface area contributed by atoms with E-state index in [0.717, 1.165) is 17.1 Å². The molecule has 19 heavy (non-hydrogen) atoms. The zero-order valence-electron chi connectivity index (χ0n) is 10.9. The van der Waals surface area contributed by atoms with Gasteiger partial charge in [-0.05, 0) is 19.1 Å². The molecule has 0 saturated carbocycles. The van der Waals surface area contributed by atoms with Crippen LogP contribution >= 0.6 is 0 Å². The first-order chi connectivity index (χ1) is 9.24. The number of pyridine rings is 1. The van der Waals surface area contributed by atoms with Gasteiger partial charge in [0, 0.05) is 11.4 Å². The normalized spacial score (nSPS) is 10.6. The Bertz CT molecular complexity index is 684. The van der Waals surface area contributed by atoms with Crippen LogP contribution in [0.4, 0.5) is 0 Å². The van der Waals surface area contributed by atoms with Gasteiger partial charge in [-0.15, -0.1) is 12.1 Å². The third kappa shape index (κ3) is 2.25. The van der Waals surface area contributed by atoms with Crippen LogP contribution in [-0.4, -0.2) is 14.9 Å². The van der Waals surface area contributed by atoms with Gasteiger partial charge in [-0.1, -0.05) is 29.3 Å². The highest BCUT2D eigenvalue weighted by atomic mass is 15.5. The van der Waals surface area contributed by atoms with Crippen LogP contribution in [0.2, 0.25) is 0 Å². The largest absolute Gasteiger partial charge is 0.216 e. The van der Waals surface area contributed by atoms with Crippen molar-refractivity contribution in [3.05, 3.63) is 60.4 Å². The highest BCUT2D eigenvalue weighted by Gasteiger charge is 2.07. The van der Waals surface area contributed by atoms with Crippen LogP contribution in [0, 0.1) is 13.1 Å². The number of benzene rings is 1. The summed E-state index contributed by atoms with van der Waals surface area (Å²) in [7, 11) is 1.91. The second-order valence-corrected chi connectivity index (χ2v) is 4.44. The summed E-state index contributed by atoms with van der Waals surface area (Å²) in [6.45, 7) is 2.07. The first-order valence-electron chi connectivity index (χ1n) is 6.11. The second kappa shape index (κ2) is 4.65. The van der Waals surface area contributed by atoms with Crippen LogP contribution in [0.1, 0.15) is 5.56 Å². The minimum absolute atomic E-state index is 0.761. The lowest BCUT2D eigenvalue weighted by Crippen LogP contribution is -2.34. The zero-order chi connectivity index (χ0) is 13.2. The van der Waals surface area contributed by atoms with Crippen LogP contribution in [0.25, 0.3) is 17.1 Å². The molecule has 3 aromatic rings. The van der Waals surface area contributed by atoms with Crippen LogP contribution in [0.5, 0.6) is 0 Å². The fourth-order valence-electron chi connectivity index (χ4n) is 1.92. The fraction of sp³-hybridized carbons (Fsp3) is 0.133. The third-order valence-corrected chi connectivity index (χ3v) is 2.95. The molecule has 0 unspecified atom stereocenters. The molecule has 0 aliphatic rings. The molecule has 0 bridgehead atoms. The standard InChI is InChI=1S/C15H14N4/c1-12-6-8-13(9-7-12)14-11-19(17-18(14)2)15-5-3-4-10-16-15/h3-10H,1-2H3. The van der Waals surface area contributed by atoms with E-state index in [0.29, 0.717) is 0 Å². The summed E-state index contributed by atoms with van der Waals surface area (Å²) in [6.07, 6.45) is 4.99. The van der Waals surface area contributed by atoms with Gasteiger partial charge < -0.3 is 0 Å². The lowest BCUT2D eigenvalue weighted by atomic mass is 10.1. The Kier molecular flexibility index (Phi) is 2.83. The van der Waals surface area contributed by atoms with Gasteiger partial charge in [-0.25, -0.2) is 4.68 Å². The van der Waals surface area contributed by atoms with Crippen LogP contribution in [0.15, 0.2) is 48.7 Å². The molecular formula is C15H14N4. The average molecular weight is 250 g/mol. The second-order valence-electron chi connectivity index (χ2n) is 4.44. The molecule has 0 fully saturated rings.